The number of halogens is 3. The Bertz CT molecular complexity index is 641. The van der Waals surface area contributed by atoms with Gasteiger partial charge in [0.1, 0.15) is 5.75 Å². The average Bonchev–Trinajstić information content (AvgIpc) is 2.44. The van der Waals surface area contributed by atoms with Crippen molar-refractivity contribution in [1.82, 2.24) is 0 Å². The zero-order chi connectivity index (χ0) is 15.4. The molecule has 0 aromatic heterocycles. The van der Waals surface area contributed by atoms with Crippen LogP contribution in [0.3, 0.4) is 0 Å². The Balaban J connectivity index is 2.13. The summed E-state index contributed by atoms with van der Waals surface area (Å²) in [6.07, 6.45) is -0.849. The van der Waals surface area contributed by atoms with Crippen LogP contribution in [0.25, 0.3) is 0 Å². The van der Waals surface area contributed by atoms with Gasteiger partial charge in [0, 0.05) is 11.4 Å². The monoisotopic (exact) mass is 344 g/mol. The van der Waals surface area contributed by atoms with Gasteiger partial charge in [-0.2, -0.15) is 0 Å². The summed E-state index contributed by atoms with van der Waals surface area (Å²) >= 11 is 17.5. The van der Waals surface area contributed by atoms with Crippen molar-refractivity contribution in [3.05, 3.63) is 63.1 Å². The molecule has 0 aliphatic rings. The number of rotatable bonds is 5. The van der Waals surface area contributed by atoms with E-state index in [2.05, 4.69) is 0 Å². The van der Waals surface area contributed by atoms with Gasteiger partial charge < -0.3 is 9.84 Å². The van der Waals surface area contributed by atoms with Crippen LogP contribution < -0.4 is 4.74 Å². The van der Waals surface area contributed by atoms with Crippen molar-refractivity contribution in [2.75, 3.05) is 0 Å². The summed E-state index contributed by atoms with van der Waals surface area (Å²) in [6.45, 7) is 0. The highest BCUT2D eigenvalue weighted by atomic mass is 35.5. The molecule has 0 heterocycles. The standard InChI is InChI=1S/C15H11Cl3O3/c16-10-2-4-11(5-3-10)21-14(15(19)20)8-9-1-6-12(17)13(18)7-9/h1-7,14H,8H2,(H,19,20)/t14-/m1/s1. The third kappa shape index (κ3) is 4.53. The molecule has 0 bridgehead atoms. The van der Waals surface area contributed by atoms with E-state index in [-0.39, 0.29) is 6.42 Å². The molecule has 110 valence electrons. The molecule has 2 rings (SSSR count). The number of hydrogen-bond acceptors (Lipinski definition) is 2. The SMILES string of the molecule is O=C(O)[C@@H](Cc1ccc(Cl)c(Cl)c1)Oc1ccc(Cl)cc1. The fourth-order valence-corrected chi connectivity index (χ4v) is 2.18. The first-order valence-electron chi connectivity index (χ1n) is 6.04. The molecule has 0 saturated heterocycles. The van der Waals surface area contributed by atoms with E-state index >= 15 is 0 Å². The molecule has 0 unspecified atom stereocenters. The van der Waals surface area contributed by atoms with Crippen molar-refractivity contribution in [3.8, 4) is 5.75 Å². The first-order chi connectivity index (χ1) is 9.95. The van der Waals surface area contributed by atoms with E-state index < -0.39 is 12.1 Å². The zero-order valence-corrected chi connectivity index (χ0v) is 13.0. The van der Waals surface area contributed by atoms with Gasteiger partial charge in [-0.3, -0.25) is 0 Å². The van der Waals surface area contributed by atoms with Crippen LogP contribution in [0.15, 0.2) is 42.5 Å². The lowest BCUT2D eigenvalue weighted by Crippen LogP contribution is -2.29. The third-order valence-corrected chi connectivity index (χ3v) is 3.76. The number of benzene rings is 2. The van der Waals surface area contributed by atoms with Crippen LogP contribution in [0.5, 0.6) is 5.75 Å². The molecule has 3 nitrogen and oxygen atoms in total. The quantitative estimate of drug-likeness (QED) is 0.852. The van der Waals surface area contributed by atoms with Gasteiger partial charge in [-0.1, -0.05) is 40.9 Å². The average molecular weight is 346 g/mol. The van der Waals surface area contributed by atoms with Crippen molar-refractivity contribution < 1.29 is 14.6 Å². The lowest BCUT2D eigenvalue weighted by Gasteiger charge is -2.15. The molecule has 0 saturated carbocycles. The highest BCUT2D eigenvalue weighted by Crippen LogP contribution is 2.24. The number of carboxylic acid groups (broad SMARTS) is 1. The number of carbonyl (C=O) groups is 1. The van der Waals surface area contributed by atoms with E-state index in [1.807, 2.05) is 0 Å². The van der Waals surface area contributed by atoms with Gasteiger partial charge in [0.15, 0.2) is 6.10 Å². The van der Waals surface area contributed by atoms with Crippen LogP contribution in [-0.4, -0.2) is 17.2 Å². The minimum atomic E-state index is -1.06. The second-order valence-electron chi connectivity index (χ2n) is 4.35. The van der Waals surface area contributed by atoms with Crippen LogP contribution >= 0.6 is 34.8 Å². The number of ether oxygens (including phenoxy) is 1. The summed E-state index contributed by atoms with van der Waals surface area (Å²) in [6, 6.07) is 11.5. The molecule has 6 heteroatoms. The lowest BCUT2D eigenvalue weighted by atomic mass is 10.1. The van der Waals surface area contributed by atoms with Crippen LogP contribution in [0, 0.1) is 0 Å². The molecule has 2 aromatic rings. The molecule has 1 N–H and O–H groups in total. The summed E-state index contributed by atoms with van der Waals surface area (Å²) in [4.78, 5) is 11.3. The Morgan fingerprint density at radius 3 is 2.29 bits per heavy atom. The summed E-state index contributed by atoms with van der Waals surface area (Å²) in [5.41, 5.74) is 0.728. The third-order valence-electron chi connectivity index (χ3n) is 2.77. The van der Waals surface area contributed by atoms with E-state index in [4.69, 9.17) is 39.5 Å². The fraction of sp³-hybridized carbons (Fsp3) is 0.133. The molecule has 0 fully saturated rings. The molecular formula is C15H11Cl3O3. The molecule has 0 aliphatic carbocycles. The Morgan fingerprint density at radius 1 is 1.05 bits per heavy atom. The maximum Gasteiger partial charge on any atom is 0.345 e. The molecule has 0 amide bonds. The van der Waals surface area contributed by atoms with Gasteiger partial charge in [0.2, 0.25) is 0 Å². The molecule has 0 aliphatic heterocycles. The maximum atomic E-state index is 11.3. The minimum absolute atomic E-state index is 0.175. The van der Waals surface area contributed by atoms with E-state index in [1.165, 1.54) is 0 Å². The predicted octanol–water partition coefficient (Wildman–Crippen LogP) is 4.72. The van der Waals surface area contributed by atoms with Gasteiger partial charge in [-0.15, -0.1) is 0 Å². The van der Waals surface area contributed by atoms with Crippen LogP contribution in [0.2, 0.25) is 15.1 Å². The van der Waals surface area contributed by atoms with E-state index in [0.717, 1.165) is 5.56 Å². The van der Waals surface area contributed by atoms with Crippen LogP contribution in [0.4, 0.5) is 0 Å². The largest absolute Gasteiger partial charge is 0.478 e. The molecule has 1 atom stereocenters. The van der Waals surface area contributed by atoms with Crippen molar-refractivity contribution in [2.24, 2.45) is 0 Å². The molecular weight excluding hydrogens is 335 g/mol. The Hall–Kier alpha value is -1.42. The molecule has 21 heavy (non-hydrogen) atoms. The summed E-state index contributed by atoms with van der Waals surface area (Å²) < 4.78 is 5.47. The first kappa shape index (κ1) is 16.0. The summed E-state index contributed by atoms with van der Waals surface area (Å²) in [7, 11) is 0. The highest BCUT2D eigenvalue weighted by Gasteiger charge is 2.20. The molecule has 0 radical (unpaired) electrons. The van der Waals surface area contributed by atoms with Gasteiger partial charge >= 0.3 is 5.97 Å². The molecule has 0 spiro atoms. The predicted molar refractivity (Wildman–Crippen MR) is 83.7 cm³/mol. The normalized spacial score (nSPS) is 12.0. The Kier molecular flexibility index (Phi) is 5.34. The minimum Gasteiger partial charge on any atom is -0.478 e. The van der Waals surface area contributed by atoms with Gasteiger partial charge in [0.05, 0.1) is 10.0 Å². The fourth-order valence-electron chi connectivity index (χ4n) is 1.74. The summed E-state index contributed by atoms with van der Waals surface area (Å²) in [5.74, 6) is -0.622. The first-order valence-corrected chi connectivity index (χ1v) is 7.18. The topological polar surface area (TPSA) is 46.5 Å². The number of carboxylic acids is 1. The smallest absolute Gasteiger partial charge is 0.345 e. The Morgan fingerprint density at radius 2 is 1.71 bits per heavy atom. The van der Waals surface area contributed by atoms with Crippen molar-refractivity contribution >= 4 is 40.8 Å². The van der Waals surface area contributed by atoms with Gasteiger partial charge in [-0.05, 0) is 42.0 Å². The van der Waals surface area contributed by atoms with Gasteiger partial charge in [-0.25, -0.2) is 4.79 Å². The molecule has 2 aromatic carbocycles. The second kappa shape index (κ2) is 7.03. The maximum absolute atomic E-state index is 11.3. The van der Waals surface area contributed by atoms with E-state index in [1.54, 1.807) is 42.5 Å². The van der Waals surface area contributed by atoms with Crippen LogP contribution in [0.1, 0.15) is 5.56 Å². The second-order valence-corrected chi connectivity index (χ2v) is 5.60. The number of hydrogen-bond donors (Lipinski definition) is 1. The lowest BCUT2D eigenvalue weighted by molar-refractivity contribution is -0.145. The number of aliphatic carboxylic acids is 1. The summed E-state index contributed by atoms with van der Waals surface area (Å²) in [5, 5.41) is 10.6. The van der Waals surface area contributed by atoms with Gasteiger partial charge in [0.25, 0.3) is 0 Å². The van der Waals surface area contributed by atoms with E-state index in [9.17, 15) is 9.90 Å². The zero-order valence-electron chi connectivity index (χ0n) is 10.7. The highest BCUT2D eigenvalue weighted by molar-refractivity contribution is 6.42. The van der Waals surface area contributed by atoms with Crippen molar-refractivity contribution in [3.63, 3.8) is 0 Å². The van der Waals surface area contributed by atoms with Crippen LogP contribution in [-0.2, 0) is 11.2 Å². The Labute approximate surface area is 137 Å². The van der Waals surface area contributed by atoms with E-state index in [0.29, 0.717) is 20.8 Å². The van der Waals surface area contributed by atoms with Crippen molar-refractivity contribution in [1.29, 1.82) is 0 Å². The van der Waals surface area contributed by atoms with Crippen molar-refractivity contribution in [2.45, 2.75) is 12.5 Å².